The maximum Gasteiger partial charge on any atom is 0.293 e. The van der Waals surface area contributed by atoms with Gasteiger partial charge in [-0.3, -0.25) is 10.1 Å². The Labute approximate surface area is 166 Å². The highest BCUT2D eigenvalue weighted by Gasteiger charge is 2.39. The summed E-state index contributed by atoms with van der Waals surface area (Å²) in [6, 6.07) is 4.29. The average Bonchev–Trinajstić information content (AvgIpc) is 3.08. The summed E-state index contributed by atoms with van der Waals surface area (Å²) < 4.78 is 27.3. The van der Waals surface area contributed by atoms with E-state index in [2.05, 4.69) is 6.92 Å². The fourth-order valence-electron chi connectivity index (χ4n) is 4.45. The molecule has 2 fully saturated rings. The second kappa shape index (κ2) is 8.34. The summed E-state index contributed by atoms with van der Waals surface area (Å²) in [6.45, 7) is 3.74. The predicted octanol–water partition coefficient (Wildman–Crippen LogP) is 2.90. The van der Waals surface area contributed by atoms with Gasteiger partial charge >= 0.3 is 0 Å². The Balaban J connectivity index is 1.97. The topological polar surface area (TPSA) is 104 Å². The highest BCUT2D eigenvalue weighted by atomic mass is 32.2. The van der Waals surface area contributed by atoms with Gasteiger partial charge < -0.3 is 10.0 Å². The SMILES string of the molecule is C[C@]1(CCCO)CCCN1c1ccc(S(=O)(=O)N2CCCCC2)cc1[N+](=O)[O-]. The monoisotopic (exact) mass is 411 g/mol. The van der Waals surface area contributed by atoms with Crippen LogP contribution in [0, 0.1) is 10.1 Å². The van der Waals surface area contributed by atoms with Gasteiger partial charge in [-0.05, 0) is 57.6 Å². The van der Waals surface area contributed by atoms with E-state index in [1.54, 1.807) is 6.07 Å². The fraction of sp³-hybridized carbons (Fsp3) is 0.684. The van der Waals surface area contributed by atoms with Gasteiger partial charge in [0.25, 0.3) is 5.69 Å². The number of sulfonamides is 1. The van der Waals surface area contributed by atoms with Crippen molar-refractivity contribution in [2.75, 3.05) is 31.1 Å². The summed E-state index contributed by atoms with van der Waals surface area (Å²) in [7, 11) is -3.72. The molecule has 0 spiro atoms. The number of nitro groups is 1. The number of nitrogens with zero attached hydrogens (tertiary/aromatic N) is 3. The second-order valence-electron chi connectivity index (χ2n) is 7.95. The van der Waals surface area contributed by atoms with Gasteiger partial charge in [0.15, 0.2) is 0 Å². The molecule has 0 unspecified atom stereocenters. The number of hydrogen-bond donors (Lipinski definition) is 1. The van der Waals surface area contributed by atoms with Crippen molar-refractivity contribution in [3.05, 3.63) is 28.3 Å². The van der Waals surface area contributed by atoms with Crippen LogP contribution in [-0.4, -0.2) is 54.5 Å². The summed E-state index contributed by atoms with van der Waals surface area (Å²) >= 11 is 0. The zero-order chi connectivity index (χ0) is 20.4. The zero-order valence-electron chi connectivity index (χ0n) is 16.3. The Kier molecular flexibility index (Phi) is 6.26. The maximum absolute atomic E-state index is 12.9. The van der Waals surface area contributed by atoms with Crippen molar-refractivity contribution >= 4 is 21.4 Å². The van der Waals surface area contributed by atoms with Crippen molar-refractivity contribution in [3.8, 4) is 0 Å². The highest BCUT2D eigenvalue weighted by molar-refractivity contribution is 7.89. The molecule has 0 saturated carbocycles. The van der Waals surface area contributed by atoms with E-state index in [9.17, 15) is 23.6 Å². The van der Waals surface area contributed by atoms with Gasteiger partial charge in [-0.15, -0.1) is 0 Å². The van der Waals surface area contributed by atoms with Crippen LogP contribution in [0.25, 0.3) is 0 Å². The molecule has 0 aliphatic carbocycles. The van der Waals surface area contributed by atoms with Gasteiger partial charge in [-0.1, -0.05) is 6.42 Å². The molecule has 0 bridgehead atoms. The lowest BCUT2D eigenvalue weighted by atomic mass is 9.92. The van der Waals surface area contributed by atoms with E-state index in [1.807, 2.05) is 4.90 Å². The Hall–Kier alpha value is -1.71. The predicted molar refractivity (Wildman–Crippen MR) is 107 cm³/mol. The van der Waals surface area contributed by atoms with Gasteiger partial charge in [0.1, 0.15) is 5.69 Å². The van der Waals surface area contributed by atoms with E-state index < -0.39 is 14.9 Å². The van der Waals surface area contributed by atoms with Gasteiger partial charge in [0, 0.05) is 37.8 Å². The molecule has 156 valence electrons. The van der Waals surface area contributed by atoms with Crippen LogP contribution in [0.15, 0.2) is 23.1 Å². The normalized spacial score (nSPS) is 23.9. The van der Waals surface area contributed by atoms with Crippen LogP contribution in [0.2, 0.25) is 0 Å². The van der Waals surface area contributed by atoms with E-state index in [4.69, 9.17) is 0 Å². The number of piperidine rings is 1. The van der Waals surface area contributed by atoms with E-state index in [0.717, 1.165) is 38.5 Å². The number of anilines is 1. The van der Waals surface area contributed by atoms with Crippen LogP contribution in [-0.2, 0) is 10.0 Å². The van der Waals surface area contributed by atoms with E-state index >= 15 is 0 Å². The van der Waals surface area contributed by atoms with Crippen molar-refractivity contribution in [2.45, 2.75) is 62.3 Å². The molecule has 28 heavy (non-hydrogen) atoms. The molecule has 2 aliphatic rings. The van der Waals surface area contributed by atoms with Gasteiger partial charge in [0.05, 0.1) is 9.82 Å². The van der Waals surface area contributed by atoms with Crippen LogP contribution in [0.4, 0.5) is 11.4 Å². The Bertz CT molecular complexity index is 823. The number of hydrogen-bond acceptors (Lipinski definition) is 6. The van der Waals surface area contributed by atoms with Crippen LogP contribution in [0.3, 0.4) is 0 Å². The van der Waals surface area contributed by atoms with Gasteiger partial charge in [0.2, 0.25) is 10.0 Å². The first-order valence-electron chi connectivity index (χ1n) is 9.97. The molecule has 8 nitrogen and oxygen atoms in total. The lowest BCUT2D eigenvalue weighted by molar-refractivity contribution is -0.384. The Morgan fingerprint density at radius 3 is 2.54 bits per heavy atom. The highest BCUT2D eigenvalue weighted by Crippen LogP contribution is 2.42. The summed E-state index contributed by atoms with van der Waals surface area (Å²) in [4.78, 5) is 13.3. The number of benzene rings is 1. The fourth-order valence-corrected chi connectivity index (χ4v) is 5.98. The van der Waals surface area contributed by atoms with E-state index in [0.29, 0.717) is 31.7 Å². The van der Waals surface area contributed by atoms with Crippen LogP contribution >= 0.6 is 0 Å². The molecule has 0 aromatic heterocycles. The van der Waals surface area contributed by atoms with Crippen molar-refractivity contribution in [1.82, 2.24) is 4.31 Å². The molecule has 1 atom stereocenters. The van der Waals surface area contributed by atoms with Crippen LogP contribution in [0.1, 0.15) is 51.9 Å². The summed E-state index contributed by atoms with van der Waals surface area (Å²) in [5.74, 6) is 0. The number of aliphatic hydroxyl groups excluding tert-OH is 1. The minimum atomic E-state index is -3.72. The minimum Gasteiger partial charge on any atom is -0.396 e. The lowest BCUT2D eigenvalue weighted by Gasteiger charge is -2.37. The molecule has 2 aliphatic heterocycles. The Morgan fingerprint density at radius 1 is 1.18 bits per heavy atom. The standard InChI is InChI=1S/C19H29N3O5S/c1-19(10-6-14-23)9-5-13-21(19)17-8-7-16(15-18(17)22(24)25)28(26,27)20-11-3-2-4-12-20/h7-8,15,23H,2-6,9-14H2,1H3/t19-/m1/s1. The van der Waals surface area contributed by atoms with Crippen molar-refractivity contribution < 1.29 is 18.4 Å². The minimum absolute atomic E-state index is 0.0129. The third kappa shape index (κ3) is 4.01. The average molecular weight is 412 g/mol. The number of aliphatic hydroxyl groups is 1. The first-order chi connectivity index (χ1) is 13.3. The Morgan fingerprint density at radius 2 is 1.89 bits per heavy atom. The summed E-state index contributed by atoms with van der Waals surface area (Å²) in [5, 5.41) is 21.0. The molecule has 0 amide bonds. The third-order valence-corrected chi connectivity index (χ3v) is 7.90. The van der Waals surface area contributed by atoms with E-state index in [1.165, 1.54) is 16.4 Å². The molecule has 1 aromatic rings. The number of nitro benzene ring substituents is 1. The number of rotatable bonds is 7. The second-order valence-corrected chi connectivity index (χ2v) is 9.89. The maximum atomic E-state index is 12.9. The molecule has 0 radical (unpaired) electrons. The van der Waals surface area contributed by atoms with Gasteiger partial charge in [-0.2, -0.15) is 4.31 Å². The summed E-state index contributed by atoms with van der Waals surface area (Å²) in [5.41, 5.74) is 0.0107. The smallest absolute Gasteiger partial charge is 0.293 e. The van der Waals surface area contributed by atoms with Crippen LogP contribution in [0.5, 0.6) is 0 Å². The quantitative estimate of drug-likeness (QED) is 0.546. The molecule has 2 heterocycles. The molecule has 1 aromatic carbocycles. The van der Waals surface area contributed by atoms with E-state index in [-0.39, 0.29) is 22.7 Å². The first kappa shape index (κ1) is 21.0. The first-order valence-corrected chi connectivity index (χ1v) is 11.4. The van der Waals surface area contributed by atoms with Crippen LogP contribution < -0.4 is 4.90 Å². The molecule has 9 heteroatoms. The molecular formula is C19H29N3O5S. The van der Waals surface area contributed by atoms with Crippen molar-refractivity contribution in [3.63, 3.8) is 0 Å². The lowest BCUT2D eigenvalue weighted by Crippen LogP contribution is -2.41. The largest absolute Gasteiger partial charge is 0.396 e. The van der Waals surface area contributed by atoms with Crippen molar-refractivity contribution in [2.24, 2.45) is 0 Å². The molecule has 3 rings (SSSR count). The third-order valence-electron chi connectivity index (χ3n) is 6.01. The molecule has 1 N–H and O–H groups in total. The summed E-state index contributed by atoms with van der Waals surface area (Å²) in [6.07, 6.45) is 5.79. The van der Waals surface area contributed by atoms with Crippen molar-refractivity contribution in [1.29, 1.82) is 0 Å². The molecule has 2 saturated heterocycles. The zero-order valence-corrected chi connectivity index (χ0v) is 17.2. The van der Waals surface area contributed by atoms with Gasteiger partial charge in [-0.25, -0.2) is 8.42 Å². The molecular weight excluding hydrogens is 382 g/mol.